The molecule has 16 heavy (non-hydrogen) atoms. The van der Waals surface area contributed by atoms with Crippen LogP contribution >= 0.6 is 0 Å². The SMILES string of the molecule is Cc1cc(NCC(C)CCC(=O)O)ccn1. The van der Waals surface area contributed by atoms with Gasteiger partial charge in [0.2, 0.25) is 0 Å². The van der Waals surface area contributed by atoms with E-state index in [9.17, 15) is 4.79 Å². The van der Waals surface area contributed by atoms with E-state index in [1.54, 1.807) is 6.20 Å². The van der Waals surface area contributed by atoms with E-state index >= 15 is 0 Å². The van der Waals surface area contributed by atoms with Gasteiger partial charge in [-0.05, 0) is 31.4 Å². The standard InChI is InChI=1S/C12H18N2O2/c1-9(3-4-12(15)16)8-14-11-5-6-13-10(2)7-11/h5-7,9H,3-4,8H2,1-2H3,(H,13,14)(H,15,16). The first-order chi connectivity index (χ1) is 7.58. The lowest BCUT2D eigenvalue weighted by molar-refractivity contribution is -0.137. The maximum Gasteiger partial charge on any atom is 0.303 e. The molecule has 0 fully saturated rings. The number of aryl methyl sites for hydroxylation is 1. The summed E-state index contributed by atoms with van der Waals surface area (Å²) < 4.78 is 0. The van der Waals surface area contributed by atoms with Crippen molar-refractivity contribution in [1.82, 2.24) is 4.98 Å². The summed E-state index contributed by atoms with van der Waals surface area (Å²) in [5, 5.41) is 11.8. The van der Waals surface area contributed by atoms with Gasteiger partial charge in [0.25, 0.3) is 0 Å². The Balaban J connectivity index is 2.31. The van der Waals surface area contributed by atoms with Crippen LogP contribution in [0, 0.1) is 12.8 Å². The van der Waals surface area contributed by atoms with E-state index in [2.05, 4.69) is 10.3 Å². The maximum absolute atomic E-state index is 10.4. The summed E-state index contributed by atoms with van der Waals surface area (Å²) in [6.07, 6.45) is 2.70. The van der Waals surface area contributed by atoms with Gasteiger partial charge in [0.05, 0.1) is 0 Å². The van der Waals surface area contributed by atoms with Crippen molar-refractivity contribution in [3.63, 3.8) is 0 Å². The van der Waals surface area contributed by atoms with Gasteiger partial charge in [0.1, 0.15) is 0 Å². The average Bonchev–Trinajstić information content (AvgIpc) is 2.23. The van der Waals surface area contributed by atoms with Crippen molar-refractivity contribution < 1.29 is 9.90 Å². The third-order valence-corrected chi connectivity index (χ3v) is 2.40. The molecule has 0 aromatic carbocycles. The van der Waals surface area contributed by atoms with Crippen molar-refractivity contribution in [1.29, 1.82) is 0 Å². The minimum absolute atomic E-state index is 0.234. The number of aliphatic carboxylic acids is 1. The molecule has 88 valence electrons. The van der Waals surface area contributed by atoms with Gasteiger partial charge in [0, 0.05) is 30.5 Å². The molecule has 1 rings (SSSR count). The van der Waals surface area contributed by atoms with E-state index in [1.807, 2.05) is 26.0 Å². The second-order valence-corrected chi connectivity index (χ2v) is 4.10. The number of rotatable bonds is 6. The molecular formula is C12H18N2O2. The lowest BCUT2D eigenvalue weighted by atomic mass is 10.1. The molecule has 0 aliphatic heterocycles. The summed E-state index contributed by atoms with van der Waals surface area (Å²) in [7, 11) is 0. The summed E-state index contributed by atoms with van der Waals surface area (Å²) in [4.78, 5) is 14.5. The zero-order valence-corrected chi connectivity index (χ0v) is 9.73. The number of carbonyl (C=O) groups is 1. The molecule has 0 spiro atoms. The normalized spacial score (nSPS) is 12.1. The lowest BCUT2D eigenvalue weighted by Gasteiger charge is -2.12. The van der Waals surface area contributed by atoms with Crippen LogP contribution in [0.3, 0.4) is 0 Å². The Morgan fingerprint density at radius 1 is 1.62 bits per heavy atom. The van der Waals surface area contributed by atoms with E-state index in [1.165, 1.54) is 0 Å². The van der Waals surface area contributed by atoms with E-state index in [0.29, 0.717) is 12.3 Å². The quantitative estimate of drug-likeness (QED) is 0.775. The highest BCUT2D eigenvalue weighted by atomic mass is 16.4. The fourth-order valence-electron chi connectivity index (χ4n) is 1.42. The Bertz CT molecular complexity index is 353. The third kappa shape index (κ3) is 4.77. The Morgan fingerprint density at radius 3 is 3.00 bits per heavy atom. The first kappa shape index (κ1) is 12.5. The summed E-state index contributed by atoms with van der Waals surface area (Å²) in [5.74, 6) is -0.379. The second kappa shape index (κ2) is 6.10. The lowest BCUT2D eigenvalue weighted by Crippen LogP contribution is -2.12. The van der Waals surface area contributed by atoms with Crippen LogP contribution in [0.4, 0.5) is 5.69 Å². The molecule has 1 atom stereocenters. The molecule has 0 aliphatic rings. The minimum atomic E-state index is -0.730. The number of hydrogen-bond acceptors (Lipinski definition) is 3. The van der Waals surface area contributed by atoms with Gasteiger partial charge < -0.3 is 10.4 Å². The zero-order chi connectivity index (χ0) is 12.0. The van der Waals surface area contributed by atoms with Gasteiger partial charge >= 0.3 is 5.97 Å². The molecule has 4 heteroatoms. The molecule has 1 aromatic rings. The summed E-state index contributed by atoms with van der Waals surface area (Å²) >= 11 is 0. The van der Waals surface area contributed by atoms with E-state index < -0.39 is 5.97 Å². The van der Waals surface area contributed by atoms with E-state index in [4.69, 9.17) is 5.11 Å². The molecule has 4 nitrogen and oxygen atoms in total. The van der Waals surface area contributed by atoms with Crippen molar-refractivity contribution in [2.24, 2.45) is 5.92 Å². The predicted octanol–water partition coefficient (Wildman–Crippen LogP) is 2.30. The molecule has 1 aromatic heterocycles. The third-order valence-electron chi connectivity index (χ3n) is 2.40. The molecule has 1 unspecified atom stereocenters. The molecule has 0 amide bonds. The average molecular weight is 222 g/mol. The molecule has 1 heterocycles. The van der Waals surface area contributed by atoms with Crippen LogP contribution in [0.25, 0.3) is 0 Å². The smallest absolute Gasteiger partial charge is 0.303 e. The molecule has 0 radical (unpaired) electrons. The van der Waals surface area contributed by atoms with Gasteiger partial charge in [-0.15, -0.1) is 0 Å². The Morgan fingerprint density at radius 2 is 2.38 bits per heavy atom. The van der Waals surface area contributed by atoms with Crippen LogP contribution in [-0.2, 0) is 4.79 Å². The fraction of sp³-hybridized carbons (Fsp3) is 0.500. The number of carboxylic acid groups (broad SMARTS) is 1. The molecule has 0 saturated carbocycles. The number of anilines is 1. The van der Waals surface area contributed by atoms with Gasteiger partial charge in [-0.3, -0.25) is 9.78 Å². The molecule has 0 aliphatic carbocycles. The molecular weight excluding hydrogens is 204 g/mol. The van der Waals surface area contributed by atoms with Crippen molar-refractivity contribution in [3.8, 4) is 0 Å². The first-order valence-corrected chi connectivity index (χ1v) is 5.46. The van der Waals surface area contributed by atoms with Crippen LogP contribution in [0.5, 0.6) is 0 Å². The van der Waals surface area contributed by atoms with Crippen LogP contribution in [0.15, 0.2) is 18.3 Å². The number of pyridine rings is 1. The predicted molar refractivity (Wildman–Crippen MR) is 63.5 cm³/mol. The van der Waals surface area contributed by atoms with Gasteiger partial charge in [-0.1, -0.05) is 6.92 Å². The Labute approximate surface area is 95.7 Å². The molecule has 0 bridgehead atoms. The van der Waals surface area contributed by atoms with Crippen LogP contribution in [0.2, 0.25) is 0 Å². The van der Waals surface area contributed by atoms with Crippen molar-refractivity contribution in [3.05, 3.63) is 24.0 Å². The monoisotopic (exact) mass is 222 g/mol. The Hall–Kier alpha value is -1.58. The van der Waals surface area contributed by atoms with Crippen LogP contribution < -0.4 is 5.32 Å². The second-order valence-electron chi connectivity index (χ2n) is 4.10. The van der Waals surface area contributed by atoms with Gasteiger partial charge in [0.15, 0.2) is 0 Å². The number of nitrogens with zero attached hydrogens (tertiary/aromatic N) is 1. The van der Waals surface area contributed by atoms with E-state index in [-0.39, 0.29) is 6.42 Å². The molecule has 0 saturated heterocycles. The summed E-state index contributed by atoms with van der Waals surface area (Å²) in [6, 6.07) is 3.89. The van der Waals surface area contributed by atoms with Crippen molar-refractivity contribution in [2.45, 2.75) is 26.7 Å². The van der Waals surface area contributed by atoms with Gasteiger partial charge in [-0.25, -0.2) is 0 Å². The maximum atomic E-state index is 10.4. The number of carboxylic acids is 1. The first-order valence-electron chi connectivity index (χ1n) is 5.46. The minimum Gasteiger partial charge on any atom is -0.481 e. The largest absolute Gasteiger partial charge is 0.481 e. The number of aromatic nitrogens is 1. The highest BCUT2D eigenvalue weighted by molar-refractivity contribution is 5.66. The molecule has 2 N–H and O–H groups in total. The van der Waals surface area contributed by atoms with Gasteiger partial charge in [-0.2, -0.15) is 0 Å². The van der Waals surface area contributed by atoms with Crippen LogP contribution in [-0.4, -0.2) is 22.6 Å². The summed E-state index contributed by atoms with van der Waals surface area (Å²) in [6.45, 7) is 4.78. The topological polar surface area (TPSA) is 62.2 Å². The summed E-state index contributed by atoms with van der Waals surface area (Å²) in [5.41, 5.74) is 2.01. The fourth-order valence-corrected chi connectivity index (χ4v) is 1.42. The highest BCUT2D eigenvalue weighted by Crippen LogP contribution is 2.10. The van der Waals surface area contributed by atoms with E-state index in [0.717, 1.165) is 17.9 Å². The number of hydrogen-bond donors (Lipinski definition) is 2. The van der Waals surface area contributed by atoms with Crippen molar-refractivity contribution in [2.75, 3.05) is 11.9 Å². The Kier molecular flexibility index (Phi) is 4.76. The van der Waals surface area contributed by atoms with Crippen molar-refractivity contribution >= 4 is 11.7 Å². The highest BCUT2D eigenvalue weighted by Gasteiger charge is 2.05. The van der Waals surface area contributed by atoms with Crippen LogP contribution in [0.1, 0.15) is 25.5 Å². The number of nitrogens with one attached hydrogen (secondary N) is 1. The zero-order valence-electron chi connectivity index (χ0n) is 9.73.